The molecule has 0 unspecified atom stereocenters. The molecule has 0 fully saturated rings. The molecule has 0 atom stereocenters. The first-order chi connectivity index (χ1) is 10.6. The van der Waals surface area contributed by atoms with Crippen LogP contribution in [0, 0.1) is 6.92 Å². The second kappa shape index (κ2) is 7.21. The van der Waals surface area contributed by atoms with Gasteiger partial charge in [0.25, 0.3) is 5.91 Å². The van der Waals surface area contributed by atoms with Crippen molar-refractivity contribution in [3.05, 3.63) is 54.2 Å². The Bertz CT molecular complexity index is 668. The van der Waals surface area contributed by atoms with Crippen molar-refractivity contribution in [1.82, 2.24) is 10.2 Å². The van der Waals surface area contributed by atoms with E-state index in [0.29, 0.717) is 23.8 Å². The van der Waals surface area contributed by atoms with Gasteiger partial charge < -0.3 is 15.4 Å². The van der Waals surface area contributed by atoms with E-state index in [0.717, 1.165) is 5.56 Å². The molecule has 6 heteroatoms. The minimum Gasteiger partial charge on any atom is -0.495 e. The van der Waals surface area contributed by atoms with E-state index in [1.165, 1.54) is 0 Å². The van der Waals surface area contributed by atoms with Gasteiger partial charge in [0.05, 0.1) is 12.8 Å². The maximum absolute atomic E-state index is 12.2. The summed E-state index contributed by atoms with van der Waals surface area (Å²) >= 11 is 0. The van der Waals surface area contributed by atoms with Gasteiger partial charge in [-0.05, 0) is 36.8 Å². The van der Waals surface area contributed by atoms with Gasteiger partial charge in [-0.2, -0.15) is 0 Å². The van der Waals surface area contributed by atoms with E-state index in [4.69, 9.17) is 4.74 Å². The monoisotopic (exact) mass is 298 g/mol. The van der Waals surface area contributed by atoms with Gasteiger partial charge in [0.1, 0.15) is 11.6 Å². The van der Waals surface area contributed by atoms with Crippen LogP contribution in [0.15, 0.2) is 43.0 Å². The number of carbonyl (C=O) groups is 1. The number of benzene rings is 1. The molecule has 0 radical (unpaired) electrons. The molecule has 2 N–H and O–H groups in total. The first-order valence-electron chi connectivity index (χ1n) is 6.78. The molecule has 0 aliphatic carbocycles. The van der Waals surface area contributed by atoms with Gasteiger partial charge in [0.15, 0.2) is 5.69 Å². The molecule has 2 aromatic rings. The normalized spacial score (nSPS) is 9.91. The molecule has 1 aromatic heterocycles. The predicted molar refractivity (Wildman–Crippen MR) is 86.4 cm³/mol. The second-order valence-electron chi connectivity index (χ2n) is 4.63. The lowest BCUT2D eigenvalue weighted by atomic mass is 10.2. The number of methoxy groups -OCH3 is 1. The Kier molecular flexibility index (Phi) is 5.08. The lowest BCUT2D eigenvalue weighted by molar-refractivity contribution is 0.102. The molecule has 0 saturated heterocycles. The van der Waals surface area contributed by atoms with Gasteiger partial charge in [-0.1, -0.05) is 12.1 Å². The van der Waals surface area contributed by atoms with E-state index in [2.05, 4.69) is 27.4 Å². The summed E-state index contributed by atoms with van der Waals surface area (Å²) in [4.78, 5) is 12.2. The molecular weight excluding hydrogens is 280 g/mol. The van der Waals surface area contributed by atoms with Gasteiger partial charge in [0.2, 0.25) is 0 Å². The van der Waals surface area contributed by atoms with Crippen LogP contribution in [-0.4, -0.2) is 29.8 Å². The number of anilines is 2. The van der Waals surface area contributed by atoms with E-state index < -0.39 is 0 Å². The molecule has 1 aromatic carbocycles. The fraction of sp³-hybridized carbons (Fsp3) is 0.188. The third-order valence-corrected chi connectivity index (χ3v) is 2.93. The zero-order valence-corrected chi connectivity index (χ0v) is 12.6. The highest BCUT2D eigenvalue weighted by atomic mass is 16.5. The maximum Gasteiger partial charge on any atom is 0.276 e. The van der Waals surface area contributed by atoms with Crippen LogP contribution in [0.25, 0.3) is 0 Å². The lowest BCUT2D eigenvalue weighted by Gasteiger charge is -2.10. The standard InChI is InChI=1S/C16H18N4O2/c1-4-9-17-15-8-6-12(19-20-15)16(21)18-13-10-11(2)5-7-14(13)22-3/h4-8,10H,1,9H2,2-3H3,(H,17,20)(H,18,21). The molecule has 22 heavy (non-hydrogen) atoms. The van der Waals surface area contributed by atoms with Gasteiger partial charge in [-0.25, -0.2) is 0 Å². The van der Waals surface area contributed by atoms with Crippen LogP contribution < -0.4 is 15.4 Å². The smallest absolute Gasteiger partial charge is 0.276 e. The minimum absolute atomic E-state index is 0.229. The number of nitrogens with zero attached hydrogens (tertiary/aromatic N) is 2. The molecule has 0 saturated carbocycles. The van der Waals surface area contributed by atoms with E-state index in [1.807, 2.05) is 19.1 Å². The Morgan fingerprint density at radius 1 is 1.32 bits per heavy atom. The Hall–Kier alpha value is -2.89. The summed E-state index contributed by atoms with van der Waals surface area (Å²) in [6.45, 7) is 6.13. The Morgan fingerprint density at radius 2 is 2.14 bits per heavy atom. The SMILES string of the molecule is C=CCNc1ccc(C(=O)Nc2cc(C)ccc2OC)nn1. The fourth-order valence-corrected chi connectivity index (χ4v) is 1.83. The summed E-state index contributed by atoms with van der Waals surface area (Å²) in [6, 6.07) is 8.85. The third kappa shape index (κ3) is 3.82. The van der Waals surface area contributed by atoms with Gasteiger partial charge in [-0.15, -0.1) is 16.8 Å². The van der Waals surface area contributed by atoms with E-state index in [9.17, 15) is 4.79 Å². The highest BCUT2D eigenvalue weighted by Crippen LogP contribution is 2.25. The van der Waals surface area contributed by atoms with Crippen molar-refractivity contribution in [3.8, 4) is 5.75 Å². The Morgan fingerprint density at radius 3 is 2.77 bits per heavy atom. The topological polar surface area (TPSA) is 76.1 Å². The first-order valence-corrected chi connectivity index (χ1v) is 6.78. The molecule has 0 aliphatic rings. The number of nitrogens with one attached hydrogen (secondary N) is 2. The van der Waals surface area contributed by atoms with Gasteiger partial charge in [-0.3, -0.25) is 4.79 Å². The number of aromatic nitrogens is 2. The number of rotatable bonds is 6. The van der Waals surface area contributed by atoms with Crippen LogP contribution in [0.3, 0.4) is 0 Å². The number of amides is 1. The van der Waals surface area contributed by atoms with Crippen molar-refractivity contribution in [2.75, 3.05) is 24.3 Å². The van der Waals surface area contributed by atoms with Crippen LogP contribution in [0.4, 0.5) is 11.5 Å². The summed E-state index contributed by atoms with van der Waals surface area (Å²) in [7, 11) is 1.56. The highest BCUT2D eigenvalue weighted by Gasteiger charge is 2.11. The second-order valence-corrected chi connectivity index (χ2v) is 4.63. The molecule has 0 spiro atoms. The molecule has 2 rings (SSSR count). The van der Waals surface area contributed by atoms with Crippen LogP contribution in [0.5, 0.6) is 5.75 Å². The minimum atomic E-state index is -0.341. The number of hydrogen-bond acceptors (Lipinski definition) is 5. The Labute approximate surface area is 129 Å². The van der Waals surface area contributed by atoms with Crippen molar-refractivity contribution in [1.29, 1.82) is 0 Å². The van der Waals surface area contributed by atoms with Crippen molar-refractivity contribution < 1.29 is 9.53 Å². The van der Waals surface area contributed by atoms with Crippen molar-refractivity contribution in [2.24, 2.45) is 0 Å². The quantitative estimate of drug-likeness (QED) is 0.802. The molecule has 1 amide bonds. The predicted octanol–water partition coefficient (Wildman–Crippen LogP) is 2.64. The Balaban J connectivity index is 2.12. The number of carbonyl (C=O) groups excluding carboxylic acids is 1. The van der Waals surface area contributed by atoms with Gasteiger partial charge >= 0.3 is 0 Å². The van der Waals surface area contributed by atoms with Crippen molar-refractivity contribution in [2.45, 2.75) is 6.92 Å². The summed E-state index contributed by atoms with van der Waals surface area (Å²) in [5.74, 6) is 0.840. The van der Waals surface area contributed by atoms with Crippen LogP contribution >= 0.6 is 0 Å². The molecule has 6 nitrogen and oxygen atoms in total. The number of ether oxygens (including phenoxy) is 1. The van der Waals surface area contributed by atoms with Crippen LogP contribution in [0.1, 0.15) is 16.1 Å². The zero-order chi connectivity index (χ0) is 15.9. The summed E-state index contributed by atoms with van der Waals surface area (Å²) in [5, 5.41) is 13.6. The average molecular weight is 298 g/mol. The summed E-state index contributed by atoms with van der Waals surface area (Å²) in [6.07, 6.45) is 1.71. The fourth-order valence-electron chi connectivity index (χ4n) is 1.83. The van der Waals surface area contributed by atoms with E-state index >= 15 is 0 Å². The molecule has 0 aliphatic heterocycles. The average Bonchev–Trinajstić information content (AvgIpc) is 2.53. The van der Waals surface area contributed by atoms with Gasteiger partial charge in [0, 0.05) is 6.54 Å². The molecule has 114 valence electrons. The number of hydrogen-bond donors (Lipinski definition) is 2. The number of aryl methyl sites for hydroxylation is 1. The van der Waals surface area contributed by atoms with E-state index in [1.54, 1.807) is 31.4 Å². The summed E-state index contributed by atoms with van der Waals surface area (Å²) < 4.78 is 5.23. The largest absolute Gasteiger partial charge is 0.495 e. The maximum atomic E-state index is 12.2. The first kappa shape index (κ1) is 15.5. The molecule has 0 bridgehead atoms. The van der Waals surface area contributed by atoms with Crippen molar-refractivity contribution >= 4 is 17.4 Å². The van der Waals surface area contributed by atoms with Crippen LogP contribution in [-0.2, 0) is 0 Å². The lowest BCUT2D eigenvalue weighted by Crippen LogP contribution is -2.15. The third-order valence-electron chi connectivity index (χ3n) is 2.93. The highest BCUT2D eigenvalue weighted by molar-refractivity contribution is 6.03. The van der Waals surface area contributed by atoms with Crippen LogP contribution in [0.2, 0.25) is 0 Å². The van der Waals surface area contributed by atoms with E-state index in [-0.39, 0.29) is 11.6 Å². The molecular formula is C16H18N4O2. The summed E-state index contributed by atoms with van der Waals surface area (Å²) in [5.41, 5.74) is 1.85. The molecule has 1 heterocycles. The van der Waals surface area contributed by atoms with Crippen molar-refractivity contribution in [3.63, 3.8) is 0 Å². The zero-order valence-electron chi connectivity index (χ0n) is 12.6.